The Bertz CT molecular complexity index is 866. The van der Waals surface area contributed by atoms with Crippen LogP contribution in [0, 0.1) is 5.92 Å². The lowest BCUT2D eigenvalue weighted by molar-refractivity contribution is -0.135. The van der Waals surface area contributed by atoms with Gasteiger partial charge < -0.3 is 20.2 Å². The highest BCUT2D eigenvalue weighted by atomic mass is 16.3. The van der Waals surface area contributed by atoms with Crippen LogP contribution in [0.3, 0.4) is 0 Å². The lowest BCUT2D eigenvalue weighted by atomic mass is 9.96. The number of aliphatic hydroxyl groups is 1. The number of carbonyl (C=O) groups is 2. The summed E-state index contributed by atoms with van der Waals surface area (Å²) in [6, 6.07) is 9.36. The van der Waals surface area contributed by atoms with Crippen molar-refractivity contribution in [2.75, 3.05) is 44.2 Å². The van der Waals surface area contributed by atoms with Crippen LogP contribution in [-0.4, -0.2) is 66.1 Å². The second-order valence-corrected chi connectivity index (χ2v) is 7.32. The van der Waals surface area contributed by atoms with Crippen molar-refractivity contribution in [2.24, 2.45) is 5.92 Å². The molecule has 3 rings (SSSR count). The van der Waals surface area contributed by atoms with Gasteiger partial charge in [0, 0.05) is 38.1 Å². The highest BCUT2D eigenvalue weighted by molar-refractivity contribution is 6.07. The first-order valence-electron chi connectivity index (χ1n) is 10.4. The number of fused-ring (bicyclic) bond motifs is 1. The molecule has 1 unspecified atom stereocenters. The summed E-state index contributed by atoms with van der Waals surface area (Å²) in [7, 11) is 0. The van der Waals surface area contributed by atoms with Crippen molar-refractivity contribution in [1.82, 2.24) is 15.2 Å². The molecular formula is C22H30N4O3. The molecule has 1 aliphatic heterocycles. The van der Waals surface area contributed by atoms with E-state index in [9.17, 15) is 9.59 Å². The average molecular weight is 399 g/mol. The number of amides is 2. The molecule has 7 heteroatoms. The van der Waals surface area contributed by atoms with Crippen LogP contribution in [-0.2, 0) is 4.79 Å². The second-order valence-electron chi connectivity index (χ2n) is 7.32. The van der Waals surface area contributed by atoms with E-state index in [0.29, 0.717) is 12.1 Å². The smallest absolute Gasteiger partial charge is 0.252 e. The number of anilines is 1. The van der Waals surface area contributed by atoms with E-state index in [1.165, 1.54) is 0 Å². The van der Waals surface area contributed by atoms with Crippen molar-refractivity contribution in [3.63, 3.8) is 0 Å². The van der Waals surface area contributed by atoms with Crippen LogP contribution in [0.4, 0.5) is 5.82 Å². The minimum atomic E-state index is -0.230. The van der Waals surface area contributed by atoms with Gasteiger partial charge in [-0.25, -0.2) is 4.98 Å². The number of hydrogen-bond donors (Lipinski definition) is 2. The van der Waals surface area contributed by atoms with Crippen LogP contribution in [0.1, 0.15) is 37.0 Å². The van der Waals surface area contributed by atoms with Crippen LogP contribution >= 0.6 is 0 Å². The van der Waals surface area contributed by atoms with E-state index >= 15 is 0 Å². The van der Waals surface area contributed by atoms with Gasteiger partial charge in [0.25, 0.3) is 5.91 Å². The zero-order valence-corrected chi connectivity index (χ0v) is 17.2. The van der Waals surface area contributed by atoms with Crippen molar-refractivity contribution in [3.8, 4) is 0 Å². The highest BCUT2D eigenvalue weighted by Gasteiger charge is 2.29. The first kappa shape index (κ1) is 21.0. The number of pyridine rings is 1. The Morgan fingerprint density at radius 1 is 1.28 bits per heavy atom. The first-order valence-corrected chi connectivity index (χ1v) is 10.4. The first-order chi connectivity index (χ1) is 14.1. The number of nitrogens with one attached hydrogen (secondary N) is 1. The number of aromatic nitrogens is 1. The third-order valence-corrected chi connectivity index (χ3v) is 5.51. The van der Waals surface area contributed by atoms with E-state index in [0.717, 1.165) is 49.2 Å². The SMILES string of the molecule is CCN(CC)C(=O)C1CCCN(c2cc(C(=O)NCCO)c3ccccc3n2)C1. The lowest BCUT2D eigenvalue weighted by Gasteiger charge is -2.35. The van der Waals surface area contributed by atoms with Crippen molar-refractivity contribution in [1.29, 1.82) is 0 Å². The van der Waals surface area contributed by atoms with Gasteiger partial charge in [-0.3, -0.25) is 9.59 Å². The number of piperidine rings is 1. The molecule has 2 aromatic rings. The monoisotopic (exact) mass is 398 g/mol. The Morgan fingerprint density at radius 3 is 2.76 bits per heavy atom. The molecule has 1 atom stereocenters. The van der Waals surface area contributed by atoms with Crippen molar-refractivity contribution in [2.45, 2.75) is 26.7 Å². The Balaban J connectivity index is 1.90. The summed E-state index contributed by atoms with van der Waals surface area (Å²) in [5.41, 5.74) is 1.28. The number of nitrogens with zero attached hydrogens (tertiary/aromatic N) is 3. The molecule has 2 heterocycles. The number of benzene rings is 1. The minimum Gasteiger partial charge on any atom is -0.395 e. The van der Waals surface area contributed by atoms with E-state index < -0.39 is 0 Å². The van der Waals surface area contributed by atoms with Gasteiger partial charge >= 0.3 is 0 Å². The fourth-order valence-electron chi connectivity index (χ4n) is 3.96. The van der Waals surface area contributed by atoms with Crippen molar-refractivity contribution >= 4 is 28.5 Å². The molecule has 1 fully saturated rings. The molecule has 2 amide bonds. The third kappa shape index (κ3) is 4.67. The molecule has 1 aromatic carbocycles. The molecule has 29 heavy (non-hydrogen) atoms. The van der Waals surface area contributed by atoms with Gasteiger partial charge in [-0.05, 0) is 38.8 Å². The van der Waals surface area contributed by atoms with E-state index in [2.05, 4.69) is 10.2 Å². The van der Waals surface area contributed by atoms with Gasteiger partial charge in [0.1, 0.15) is 5.82 Å². The maximum atomic E-state index is 12.8. The molecule has 1 saturated heterocycles. The number of carbonyl (C=O) groups excluding carboxylic acids is 2. The molecule has 1 aliphatic rings. The summed E-state index contributed by atoms with van der Waals surface area (Å²) < 4.78 is 0. The third-order valence-electron chi connectivity index (χ3n) is 5.51. The average Bonchev–Trinajstić information content (AvgIpc) is 2.77. The van der Waals surface area contributed by atoms with Gasteiger partial charge in [0.15, 0.2) is 0 Å². The fraction of sp³-hybridized carbons (Fsp3) is 0.500. The summed E-state index contributed by atoms with van der Waals surface area (Å²) in [4.78, 5) is 34.3. The summed E-state index contributed by atoms with van der Waals surface area (Å²) in [5.74, 6) is 0.631. The van der Waals surface area contributed by atoms with Gasteiger partial charge in [0.05, 0.1) is 23.6 Å². The Labute approximate surface area is 171 Å². The van der Waals surface area contributed by atoms with Crippen LogP contribution in [0.2, 0.25) is 0 Å². The van der Waals surface area contributed by atoms with E-state index in [-0.39, 0.29) is 30.9 Å². The minimum absolute atomic E-state index is 0.0522. The standard InChI is InChI=1S/C22H30N4O3/c1-3-25(4-2)22(29)16-8-7-12-26(15-16)20-14-18(21(28)23-11-13-27)17-9-5-6-10-19(17)24-20/h5-6,9-10,14,16,27H,3-4,7-8,11-13,15H2,1-2H3,(H,23,28). The van der Waals surface area contributed by atoms with Crippen LogP contribution in [0.15, 0.2) is 30.3 Å². The van der Waals surface area contributed by atoms with E-state index in [1.807, 2.05) is 43.0 Å². The molecule has 2 N–H and O–H groups in total. The summed E-state index contributed by atoms with van der Waals surface area (Å²) >= 11 is 0. The van der Waals surface area contributed by atoms with Crippen LogP contribution in [0.5, 0.6) is 0 Å². The molecule has 0 spiro atoms. The number of hydrogen-bond acceptors (Lipinski definition) is 5. The molecule has 7 nitrogen and oxygen atoms in total. The zero-order chi connectivity index (χ0) is 20.8. The quantitative estimate of drug-likeness (QED) is 0.746. The summed E-state index contributed by atoms with van der Waals surface area (Å²) in [6.45, 7) is 6.96. The lowest BCUT2D eigenvalue weighted by Crippen LogP contribution is -2.45. The van der Waals surface area contributed by atoms with E-state index in [1.54, 1.807) is 6.07 Å². The Hall–Kier alpha value is -2.67. The summed E-state index contributed by atoms with van der Waals surface area (Å²) in [5, 5.41) is 12.5. The highest BCUT2D eigenvalue weighted by Crippen LogP contribution is 2.27. The number of rotatable bonds is 7. The van der Waals surface area contributed by atoms with E-state index in [4.69, 9.17) is 10.1 Å². The van der Waals surface area contributed by atoms with Crippen molar-refractivity contribution in [3.05, 3.63) is 35.9 Å². The topological polar surface area (TPSA) is 85.8 Å². The fourth-order valence-corrected chi connectivity index (χ4v) is 3.96. The Kier molecular flexibility index (Phi) is 7.04. The van der Waals surface area contributed by atoms with Gasteiger partial charge in [0.2, 0.25) is 5.91 Å². The number of para-hydroxylation sites is 1. The molecule has 0 aliphatic carbocycles. The molecule has 0 bridgehead atoms. The van der Waals surface area contributed by atoms with Crippen LogP contribution in [0.25, 0.3) is 10.9 Å². The van der Waals surface area contributed by atoms with Gasteiger partial charge in [-0.1, -0.05) is 18.2 Å². The molecule has 0 saturated carbocycles. The molecule has 0 radical (unpaired) electrons. The Morgan fingerprint density at radius 2 is 2.03 bits per heavy atom. The molecule has 1 aromatic heterocycles. The maximum absolute atomic E-state index is 12.8. The zero-order valence-electron chi connectivity index (χ0n) is 17.2. The molecular weight excluding hydrogens is 368 g/mol. The summed E-state index contributed by atoms with van der Waals surface area (Å²) in [6.07, 6.45) is 1.79. The predicted octanol–water partition coefficient (Wildman–Crippen LogP) is 2.04. The maximum Gasteiger partial charge on any atom is 0.252 e. The van der Waals surface area contributed by atoms with Gasteiger partial charge in [-0.2, -0.15) is 0 Å². The van der Waals surface area contributed by atoms with Crippen molar-refractivity contribution < 1.29 is 14.7 Å². The normalized spacial score (nSPS) is 16.7. The van der Waals surface area contributed by atoms with Gasteiger partial charge in [-0.15, -0.1) is 0 Å². The second kappa shape index (κ2) is 9.69. The molecule has 156 valence electrons. The van der Waals surface area contributed by atoms with Crippen LogP contribution < -0.4 is 10.2 Å². The largest absolute Gasteiger partial charge is 0.395 e. The predicted molar refractivity (Wildman–Crippen MR) is 114 cm³/mol. The number of aliphatic hydroxyl groups excluding tert-OH is 1.